The van der Waals surface area contributed by atoms with Crippen LogP contribution in [0.2, 0.25) is 0 Å². The second kappa shape index (κ2) is 5.89. The summed E-state index contributed by atoms with van der Waals surface area (Å²) >= 11 is 0. The van der Waals surface area contributed by atoms with Gasteiger partial charge in [-0.1, -0.05) is 20.8 Å². The zero-order chi connectivity index (χ0) is 17.6. The number of hydrogen-bond donors (Lipinski definition) is 2. The van der Waals surface area contributed by atoms with E-state index in [2.05, 4.69) is 28.5 Å². The van der Waals surface area contributed by atoms with Gasteiger partial charge in [-0.3, -0.25) is 9.98 Å². The Bertz CT molecular complexity index is 773. The van der Waals surface area contributed by atoms with Crippen molar-refractivity contribution in [1.29, 1.82) is 0 Å². The maximum atomic E-state index is 12.7. The Morgan fingerprint density at radius 3 is 2.79 bits per heavy atom. The van der Waals surface area contributed by atoms with Crippen LogP contribution in [0.1, 0.15) is 51.3 Å². The Morgan fingerprint density at radius 2 is 2.08 bits per heavy atom. The lowest BCUT2D eigenvalue weighted by atomic mass is 9.63. The molecule has 1 aliphatic heterocycles. The van der Waals surface area contributed by atoms with E-state index in [9.17, 15) is 13.5 Å². The molecule has 1 fully saturated rings. The molecule has 0 saturated heterocycles. The van der Waals surface area contributed by atoms with Gasteiger partial charge in [0.25, 0.3) is 10.0 Å². The largest absolute Gasteiger partial charge is 0.393 e. The van der Waals surface area contributed by atoms with Gasteiger partial charge in [-0.25, -0.2) is 13.1 Å². The molecule has 6 nitrogen and oxygen atoms in total. The lowest BCUT2D eigenvalue weighted by molar-refractivity contribution is -0.00652. The average Bonchev–Trinajstić information content (AvgIpc) is 2.87. The monoisotopic (exact) mass is 351 g/mol. The van der Waals surface area contributed by atoms with Gasteiger partial charge in [0.15, 0.2) is 5.04 Å². The third-order valence-electron chi connectivity index (χ3n) is 4.86. The maximum absolute atomic E-state index is 12.7. The first-order chi connectivity index (χ1) is 11.1. The minimum Gasteiger partial charge on any atom is -0.393 e. The molecule has 0 radical (unpaired) electrons. The van der Waals surface area contributed by atoms with Crippen LogP contribution in [-0.2, 0) is 16.6 Å². The summed E-state index contributed by atoms with van der Waals surface area (Å²) in [7, 11) is -3.69. The lowest BCUT2D eigenvalue weighted by Gasteiger charge is -2.45. The Balaban J connectivity index is 1.75. The zero-order valence-corrected chi connectivity index (χ0v) is 15.2. The van der Waals surface area contributed by atoms with Crippen LogP contribution in [0.5, 0.6) is 0 Å². The number of rotatable bonds is 3. The van der Waals surface area contributed by atoms with Gasteiger partial charge < -0.3 is 5.11 Å². The van der Waals surface area contributed by atoms with E-state index in [4.69, 9.17) is 0 Å². The predicted octanol–water partition coefficient (Wildman–Crippen LogP) is 1.84. The number of nitrogens with one attached hydrogen (secondary N) is 1. The number of aromatic nitrogens is 1. The Hall–Kier alpha value is -1.31. The van der Waals surface area contributed by atoms with Crippen molar-refractivity contribution in [2.75, 3.05) is 6.54 Å². The summed E-state index contributed by atoms with van der Waals surface area (Å²) in [4.78, 5) is 8.34. The highest BCUT2D eigenvalue weighted by molar-refractivity contribution is 8.05. The second-order valence-electron chi connectivity index (χ2n) is 8.16. The number of aliphatic hydroxyl groups is 1. The van der Waals surface area contributed by atoms with Crippen LogP contribution in [0.15, 0.2) is 23.3 Å². The number of aliphatic hydroxyl groups excluding tert-OH is 1. The van der Waals surface area contributed by atoms with E-state index in [-0.39, 0.29) is 15.9 Å². The van der Waals surface area contributed by atoms with Crippen molar-refractivity contribution in [2.45, 2.75) is 52.7 Å². The molecule has 0 bridgehead atoms. The number of sulfonamides is 1. The molecule has 2 heterocycles. The summed E-state index contributed by atoms with van der Waals surface area (Å²) in [6.45, 7) is 6.86. The van der Waals surface area contributed by atoms with Gasteiger partial charge in [-0.2, -0.15) is 0 Å². The first-order valence-electron chi connectivity index (χ1n) is 8.27. The quantitative estimate of drug-likeness (QED) is 0.869. The van der Waals surface area contributed by atoms with E-state index in [0.717, 1.165) is 12.8 Å². The number of nitrogens with zero attached hydrogens (tertiary/aromatic N) is 2. The van der Waals surface area contributed by atoms with E-state index in [0.29, 0.717) is 30.8 Å². The Labute approximate surface area is 143 Å². The summed E-state index contributed by atoms with van der Waals surface area (Å²) in [5, 5.41) is 10.2. The smallest absolute Gasteiger partial charge is 0.258 e. The zero-order valence-electron chi connectivity index (χ0n) is 14.4. The molecule has 2 aliphatic rings. The second-order valence-corrected chi connectivity index (χ2v) is 9.84. The highest BCUT2D eigenvalue weighted by atomic mass is 32.2. The van der Waals surface area contributed by atoms with E-state index in [1.54, 1.807) is 18.3 Å². The summed E-state index contributed by atoms with van der Waals surface area (Å²) in [5.74, 6) is 0. The minimum atomic E-state index is -3.69. The minimum absolute atomic E-state index is 0.000740. The molecule has 1 aliphatic carbocycles. The van der Waals surface area contributed by atoms with E-state index in [1.165, 1.54) is 0 Å². The van der Waals surface area contributed by atoms with Crippen LogP contribution in [-0.4, -0.2) is 36.2 Å². The number of fused-ring (bicyclic) bond motifs is 1. The van der Waals surface area contributed by atoms with Crippen LogP contribution < -0.4 is 4.72 Å². The van der Waals surface area contributed by atoms with Gasteiger partial charge in [0, 0.05) is 18.3 Å². The molecule has 1 aromatic rings. The van der Waals surface area contributed by atoms with Crippen LogP contribution >= 0.6 is 0 Å². The van der Waals surface area contributed by atoms with Gasteiger partial charge in [0.05, 0.1) is 18.3 Å². The summed E-state index contributed by atoms with van der Waals surface area (Å²) < 4.78 is 28.1. The van der Waals surface area contributed by atoms with Gasteiger partial charge in [-0.05, 0) is 42.2 Å². The normalized spacial score (nSPS) is 29.2. The van der Waals surface area contributed by atoms with Crippen LogP contribution in [0, 0.1) is 10.8 Å². The molecule has 24 heavy (non-hydrogen) atoms. The standard InChI is InChI=1S/C17H25N3O3S/c1-16(2)7-12(21)8-17(3,10-16)11-20-24(22,23)15-13-5-4-6-18-14(13)9-19-15/h4-6,12,20-21H,7-11H2,1-3H3. The van der Waals surface area contributed by atoms with Crippen LogP contribution in [0.4, 0.5) is 0 Å². The Kier molecular flexibility index (Phi) is 4.30. The fraction of sp³-hybridized carbons (Fsp3) is 0.647. The van der Waals surface area contributed by atoms with E-state index in [1.807, 2.05) is 6.92 Å². The van der Waals surface area contributed by atoms with E-state index >= 15 is 0 Å². The number of pyridine rings is 1. The van der Waals surface area contributed by atoms with Gasteiger partial charge in [0.2, 0.25) is 0 Å². The SMILES string of the molecule is CC1(C)CC(O)CC(C)(CNS(=O)(=O)C2=NCc3ncccc32)C1. The molecule has 7 heteroatoms. The molecule has 2 N–H and O–H groups in total. The summed E-state index contributed by atoms with van der Waals surface area (Å²) in [6, 6.07) is 3.46. The predicted molar refractivity (Wildman–Crippen MR) is 93.1 cm³/mol. The first-order valence-corrected chi connectivity index (χ1v) is 9.75. The third-order valence-corrected chi connectivity index (χ3v) is 6.24. The molecule has 0 spiro atoms. The summed E-state index contributed by atoms with van der Waals surface area (Å²) in [5.41, 5.74) is 1.00. The fourth-order valence-corrected chi connectivity index (χ4v) is 5.66. The van der Waals surface area contributed by atoms with Crippen molar-refractivity contribution in [2.24, 2.45) is 15.8 Å². The van der Waals surface area contributed by atoms with Crippen LogP contribution in [0.3, 0.4) is 0 Å². The molecule has 132 valence electrons. The molecular weight excluding hydrogens is 326 g/mol. The highest BCUT2D eigenvalue weighted by Crippen LogP contribution is 2.45. The summed E-state index contributed by atoms with van der Waals surface area (Å²) in [6.07, 6.45) is 3.47. The van der Waals surface area contributed by atoms with E-state index < -0.39 is 16.1 Å². The molecule has 1 saturated carbocycles. The van der Waals surface area contributed by atoms with Crippen molar-refractivity contribution in [3.63, 3.8) is 0 Å². The van der Waals surface area contributed by atoms with Gasteiger partial charge >= 0.3 is 0 Å². The lowest BCUT2D eigenvalue weighted by Crippen LogP contribution is -2.46. The third kappa shape index (κ3) is 3.53. The molecule has 2 unspecified atom stereocenters. The fourth-order valence-electron chi connectivity index (χ4n) is 4.27. The van der Waals surface area contributed by atoms with Gasteiger partial charge in [0.1, 0.15) is 0 Å². The van der Waals surface area contributed by atoms with Crippen molar-refractivity contribution in [3.8, 4) is 0 Å². The first kappa shape index (κ1) is 17.5. The molecule has 0 amide bonds. The number of hydrogen-bond acceptors (Lipinski definition) is 5. The Morgan fingerprint density at radius 1 is 1.33 bits per heavy atom. The van der Waals surface area contributed by atoms with Crippen molar-refractivity contribution in [3.05, 3.63) is 29.6 Å². The van der Waals surface area contributed by atoms with Crippen LogP contribution in [0.25, 0.3) is 0 Å². The molecule has 3 rings (SSSR count). The molecule has 1 aromatic heterocycles. The molecular formula is C17H25N3O3S. The van der Waals surface area contributed by atoms with Crippen molar-refractivity contribution in [1.82, 2.24) is 9.71 Å². The van der Waals surface area contributed by atoms with Crippen molar-refractivity contribution >= 4 is 15.1 Å². The molecule has 2 atom stereocenters. The topological polar surface area (TPSA) is 91.7 Å². The van der Waals surface area contributed by atoms with Crippen molar-refractivity contribution < 1.29 is 13.5 Å². The maximum Gasteiger partial charge on any atom is 0.258 e. The number of aliphatic imine (C=N–C) groups is 1. The van der Waals surface area contributed by atoms with Gasteiger partial charge in [-0.15, -0.1) is 0 Å². The molecule has 0 aromatic carbocycles. The average molecular weight is 351 g/mol. The highest BCUT2D eigenvalue weighted by Gasteiger charge is 2.41.